The predicted molar refractivity (Wildman–Crippen MR) is 98.7 cm³/mol. The molecule has 2 atom stereocenters. The Labute approximate surface area is 149 Å². The standard InChI is InChI=1S/C21H26N2O2/c1-25-20-9-5-3-7-17(20)15-22-10-12-23(13-11-22)19-14-16-6-2-4-8-18(16)21(19)24/h2-9,19,21,24H,10-15H2,1H3. The third kappa shape index (κ3) is 3.30. The van der Waals surface area contributed by atoms with Crippen molar-refractivity contribution in [2.24, 2.45) is 0 Å². The first kappa shape index (κ1) is 16.6. The lowest BCUT2D eigenvalue weighted by molar-refractivity contribution is 0.0257. The number of hydrogen-bond acceptors (Lipinski definition) is 4. The Balaban J connectivity index is 1.36. The number of rotatable bonds is 4. The quantitative estimate of drug-likeness (QED) is 0.929. The summed E-state index contributed by atoms with van der Waals surface area (Å²) in [4.78, 5) is 4.94. The fraction of sp³-hybridized carbons (Fsp3) is 0.429. The van der Waals surface area contributed by atoms with Crippen LogP contribution in [-0.2, 0) is 13.0 Å². The van der Waals surface area contributed by atoms with E-state index in [9.17, 15) is 5.11 Å². The second-order valence-corrected chi connectivity index (χ2v) is 7.04. The second-order valence-electron chi connectivity index (χ2n) is 7.04. The fourth-order valence-electron chi connectivity index (χ4n) is 4.21. The van der Waals surface area contributed by atoms with Crippen molar-refractivity contribution in [2.45, 2.75) is 25.1 Å². The molecular weight excluding hydrogens is 312 g/mol. The van der Waals surface area contributed by atoms with Gasteiger partial charge in [0.05, 0.1) is 13.2 Å². The Bertz CT molecular complexity index is 725. The summed E-state index contributed by atoms with van der Waals surface area (Å²) in [6.07, 6.45) is 0.612. The van der Waals surface area contributed by atoms with E-state index in [0.717, 1.165) is 50.5 Å². The van der Waals surface area contributed by atoms with Crippen LogP contribution < -0.4 is 4.74 Å². The lowest BCUT2D eigenvalue weighted by Crippen LogP contribution is -2.51. The van der Waals surface area contributed by atoms with Gasteiger partial charge in [-0.05, 0) is 23.6 Å². The van der Waals surface area contributed by atoms with Gasteiger partial charge in [-0.1, -0.05) is 42.5 Å². The summed E-state index contributed by atoms with van der Waals surface area (Å²) in [5.41, 5.74) is 3.66. The molecule has 1 aliphatic carbocycles. The molecule has 0 saturated carbocycles. The van der Waals surface area contributed by atoms with Crippen LogP contribution in [-0.4, -0.2) is 54.2 Å². The van der Waals surface area contributed by atoms with Gasteiger partial charge in [0, 0.05) is 44.3 Å². The maximum Gasteiger partial charge on any atom is 0.123 e. The Morgan fingerprint density at radius 2 is 1.72 bits per heavy atom. The van der Waals surface area contributed by atoms with E-state index < -0.39 is 0 Å². The van der Waals surface area contributed by atoms with Gasteiger partial charge >= 0.3 is 0 Å². The largest absolute Gasteiger partial charge is 0.496 e. The Hall–Kier alpha value is -1.88. The number of hydrogen-bond donors (Lipinski definition) is 1. The minimum atomic E-state index is -0.350. The summed E-state index contributed by atoms with van der Waals surface area (Å²) in [6, 6.07) is 16.8. The van der Waals surface area contributed by atoms with E-state index >= 15 is 0 Å². The fourth-order valence-corrected chi connectivity index (χ4v) is 4.21. The van der Waals surface area contributed by atoms with Crippen LogP contribution in [0.25, 0.3) is 0 Å². The molecule has 25 heavy (non-hydrogen) atoms. The summed E-state index contributed by atoms with van der Waals surface area (Å²) < 4.78 is 5.47. The molecule has 1 heterocycles. The van der Waals surface area contributed by atoms with E-state index in [2.05, 4.69) is 40.1 Å². The van der Waals surface area contributed by atoms with Crippen LogP contribution in [0.5, 0.6) is 5.75 Å². The Morgan fingerprint density at radius 3 is 2.48 bits per heavy atom. The van der Waals surface area contributed by atoms with Crippen LogP contribution in [0, 0.1) is 0 Å². The van der Waals surface area contributed by atoms with Crippen LogP contribution in [0.1, 0.15) is 22.8 Å². The molecule has 4 nitrogen and oxygen atoms in total. The molecular formula is C21H26N2O2. The van der Waals surface area contributed by atoms with Crippen LogP contribution in [0.2, 0.25) is 0 Å². The van der Waals surface area contributed by atoms with Gasteiger partial charge in [-0.25, -0.2) is 0 Å². The van der Waals surface area contributed by atoms with Gasteiger partial charge in [0.2, 0.25) is 0 Å². The monoisotopic (exact) mass is 338 g/mol. The maximum atomic E-state index is 10.7. The number of aliphatic hydroxyl groups excluding tert-OH is 1. The van der Waals surface area contributed by atoms with E-state index in [1.165, 1.54) is 11.1 Å². The SMILES string of the molecule is COc1ccccc1CN1CCN(C2Cc3ccccc3C2O)CC1. The van der Waals surface area contributed by atoms with Crippen molar-refractivity contribution in [2.75, 3.05) is 33.3 Å². The van der Waals surface area contributed by atoms with Gasteiger partial charge in [-0.15, -0.1) is 0 Å². The van der Waals surface area contributed by atoms with Crippen molar-refractivity contribution < 1.29 is 9.84 Å². The average Bonchev–Trinajstić information content (AvgIpc) is 3.00. The lowest BCUT2D eigenvalue weighted by atomic mass is 10.1. The lowest BCUT2D eigenvalue weighted by Gasteiger charge is -2.39. The highest BCUT2D eigenvalue weighted by molar-refractivity contribution is 5.36. The van der Waals surface area contributed by atoms with Crippen molar-refractivity contribution in [1.82, 2.24) is 9.80 Å². The first-order chi connectivity index (χ1) is 12.3. The van der Waals surface area contributed by atoms with Crippen molar-refractivity contribution in [3.63, 3.8) is 0 Å². The maximum absolute atomic E-state index is 10.7. The molecule has 2 aromatic carbocycles. The molecule has 4 rings (SSSR count). The van der Waals surface area contributed by atoms with Gasteiger partial charge < -0.3 is 9.84 Å². The van der Waals surface area contributed by atoms with Crippen LogP contribution in [0.4, 0.5) is 0 Å². The van der Waals surface area contributed by atoms with Crippen molar-refractivity contribution in [3.8, 4) is 5.75 Å². The first-order valence-electron chi connectivity index (χ1n) is 9.10. The van der Waals surface area contributed by atoms with E-state index in [-0.39, 0.29) is 12.1 Å². The summed E-state index contributed by atoms with van der Waals surface area (Å²) in [7, 11) is 1.73. The molecule has 1 aliphatic heterocycles. The number of nitrogens with zero attached hydrogens (tertiary/aromatic N) is 2. The summed E-state index contributed by atoms with van der Waals surface area (Å²) in [6.45, 7) is 4.98. The zero-order valence-corrected chi connectivity index (χ0v) is 14.8. The van der Waals surface area contributed by atoms with Crippen LogP contribution in [0.15, 0.2) is 48.5 Å². The topological polar surface area (TPSA) is 35.9 Å². The minimum Gasteiger partial charge on any atom is -0.496 e. The molecule has 1 saturated heterocycles. The molecule has 132 valence electrons. The third-order valence-corrected chi connectivity index (χ3v) is 5.63. The van der Waals surface area contributed by atoms with E-state index in [1.807, 2.05) is 18.2 Å². The van der Waals surface area contributed by atoms with E-state index in [0.29, 0.717) is 0 Å². The number of para-hydroxylation sites is 1. The van der Waals surface area contributed by atoms with E-state index in [4.69, 9.17) is 4.74 Å². The second kappa shape index (κ2) is 7.16. The number of methoxy groups -OCH3 is 1. The van der Waals surface area contributed by atoms with E-state index in [1.54, 1.807) is 7.11 Å². The molecule has 0 radical (unpaired) electrons. The smallest absolute Gasteiger partial charge is 0.123 e. The van der Waals surface area contributed by atoms with Crippen molar-refractivity contribution in [3.05, 3.63) is 65.2 Å². The van der Waals surface area contributed by atoms with Crippen molar-refractivity contribution >= 4 is 0 Å². The molecule has 4 heteroatoms. The molecule has 2 aliphatic rings. The van der Waals surface area contributed by atoms with Crippen LogP contribution in [0.3, 0.4) is 0 Å². The summed E-state index contributed by atoms with van der Waals surface area (Å²) in [5.74, 6) is 0.964. The molecule has 0 amide bonds. The van der Waals surface area contributed by atoms with Gasteiger partial charge in [-0.2, -0.15) is 0 Å². The van der Waals surface area contributed by atoms with Gasteiger partial charge in [-0.3, -0.25) is 9.80 Å². The van der Waals surface area contributed by atoms with Gasteiger partial charge in [0.15, 0.2) is 0 Å². The predicted octanol–water partition coefficient (Wildman–Crippen LogP) is 2.47. The average molecular weight is 338 g/mol. The van der Waals surface area contributed by atoms with Crippen LogP contribution >= 0.6 is 0 Å². The highest BCUT2D eigenvalue weighted by Gasteiger charge is 2.36. The minimum absolute atomic E-state index is 0.228. The number of benzene rings is 2. The molecule has 1 fully saturated rings. The van der Waals surface area contributed by atoms with Gasteiger partial charge in [0.1, 0.15) is 5.75 Å². The normalized spacial score (nSPS) is 24.2. The number of fused-ring (bicyclic) bond motifs is 1. The molecule has 1 N–H and O–H groups in total. The molecule has 0 spiro atoms. The number of piperazine rings is 1. The zero-order chi connectivity index (χ0) is 17.2. The first-order valence-corrected chi connectivity index (χ1v) is 9.10. The third-order valence-electron chi connectivity index (χ3n) is 5.63. The number of aliphatic hydroxyl groups is 1. The Morgan fingerprint density at radius 1 is 1.00 bits per heavy atom. The molecule has 2 aromatic rings. The highest BCUT2D eigenvalue weighted by atomic mass is 16.5. The Kier molecular flexibility index (Phi) is 4.75. The number of ether oxygens (including phenoxy) is 1. The van der Waals surface area contributed by atoms with Crippen molar-refractivity contribution in [1.29, 1.82) is 0 Å². The highest BCUT2D eigenvalue weighted by Crippen LogP contribution is 2.34. The molecule has 0 aromatic heterocycles. The van der Waals surface area contributed by atoms with Gasteiger partial charge in [0.25, 0.3) is 0 Å². The summed E-state index contributed by atoms with van der Waals surface area (Å²) in [5, 5.41) is 10.7. The summed E-state index contributed by atoms with van der Waals surface area (Å²) >= 11 is 0. The molecule has 2 unspecified atom stereocenters. The zero-order valence-electron chi connectivity index (χ0n) is 14.8. The molecule has 0 bridgehead atoms.